The van der Waals surface area contributed by atoms with Crippen LogP contribution < -0.4 is 9.47 Å². The van der Waals surface area contributed by atoms with Crippen molar-refractivity contribution in [2.24, 2.45) is 0 Å². The van der Waals surface area contributed by atoms with Crippen LogP contribution in [0, 0.1) is 0 Å². The molecule has 2 unspecified atom stereocenters. The third kappa shape index (κ3) is 23.1. The van der Waals surface area contributed by atoms with Crippen LogP contribution in [-0.4, -0.2) is 64.2 Å². The van der Waals surface area contributed by atoms with E-state index in [-0.39, 0.29) is 11.9 Å². The highest BCUT2D eigenvalue weighted by Crippen LogP contribution is 2.26. The number of rotatable bonds is 38. The van der Waals surface area contributed by atoms with E-state index >= 15 is 0 Å². The van der Waals surface area contributed by atoms with Gasteiger partial charge in [0.2, 0.25) is 12.6 Å². The Bertz CT molecular complexity index is 1870. The Hall–Kier alpha value is -5.26. The third-order valence-corrected chi connectivity index (χ3v) is 12.4. The highest BCUT2D eigenvalue weighted by Gasteiger charge is 2.29. The lowest BCUT2D eigenvalue weighted by atomic mass is 10.0. The van der Waals surface area contributed by atoms with Crippen molar-refractivity contribution >= 4 is 11.9 Å². The van der Waals surface area contributed by atoms with Crippen LogP contribution in [0.3, 0.4) is 0 Å². The van der Waals surface area contributed by atoms with Crippen LogP contribution in [0.5, 0.6) is 11.5 Å². The molecule has 4 aromatic rings. The van der Waals surface area contributed by atoms with E-state index in [0.29, 0.717) is 39.6 Å². The van der Waals surface area contributed by atoms with Crippen LogP contribution in [0.4, 0.5) is 0 Å². The molecule has 1 aliphatic heterocycles. The largest absolute Gasteiger partial charge is 0.494 e. The van der Waals surface area contributed by atoms with Crippen molar-refractivity contribution in [3.8, 4) is 33.8 Å². The fraction of sp³-hybridized carbons (Fsp3) is 0.500. The molecule has 0 amide bonds. The zero-order valence-electron chi connectivity index (χ0n) is 41.8. The van der Waals surface area contributed by atoms with Crippen LogP contribution in [0.1, 0.15) is 140 Å². The van der Waals surface area contributed by atoms with Crippen molar-refractivity contribution in [2.75, 3.05) is 39.6 Å². The fourth-order valence-electron chi connectivity index (χ4n) is 8.25. The minimum atomic E-state index is -0.627. The summed E-state index contributed by atoms with van der Waals surface area (Å²) < 4.78 is 46.3. The third-order valence-electron chi connectivity index (χ3n) is 12.4. The average molecular weight is 961 g/mol. The average Bonchev–Trinajstić information content (AvgIpc) is 3.40. The fourth-order valence-corrected chi connectivity index (χ4v) is 8.25. The summed E-state index contributed by atoms with van der Waals surface area (Å²) in [4.78, 5) is 22.1. The number of carbonyl (C=O) groups excluding carboxylic acids is 2. The highest BCUT2D eigenvalue weighted by atomic mass is 16.8. The van der Waals surface area contributed by atoms with Gasteiger partial charge >= 0.3 is 11.9 Å². The van der Waals surface area contributed by atoms with Gasteiger partial charge in [-0.1, -0.05) is 189 Å². The van der Waals surface area contributed by atoms with Crippen molar-refractivity contribution < 1.29 is 47.5 Å². The van der Waals surface area contributed by atoms with Gasteiger partial charge in [0.25, 0.3) is 0 Å². The Morgan fingerprint density at radius 2 is 0.671 bits per heavy atom. The molecule has 5 rings (SSSR count). The predicted molar refractivity (Wildman–Crippen MR) is 278 cm³/mol. The molecular formula is C60H80O10. The molecule has 0 aliphatic carbocycles. The van der Waals surface area contributed by atoms with E-state index in [2.05, 4.69) is 86.0 Å². The lowest BCUT2D eigenvalue weighted by Gasteiger charge is -2.31. The molecule has 0 aromatic heterocycles. The molecule has 380 valence electrons. The molecule has 0 spiro atoms. The molecule has 4 aromatic carbocycles. The zero-order valence-corrected chi connectivity index (χ0v) is 41.8. The van der Waals surface area contributed by atoms with Crippen LogP contribution in [0.15, 0.2) is 122 Å². The first-order valence-electron chi connectivity index (χ1n) is 26.2. The van der Waals surface area contributed by atoms with Crippen molar-refractivity contribution in [2.45, 2.75) is 154 Å². The number of unbranched alkanes of at least 4 members (excludes halogenated alkanes) is 18. The summed E-state index contributed by atoms with van der Waals surface area (Å²) in [5.74, 6) is 1.14. The van der Waals surface area contributed by atoms with Crippen molar-refractivity contribution in [1.82, 2.24) is 0 Å². The summed E-state index contributed by atoms with van der Waals surface area (Å²) in [7, 11) is 0. The topological polar surface area (TPSA) is 108 Å². The summed E-state index contributed by atoms with van der Waals surface area (Å²) in [5, 5.41) is 0. The summed E-state index contributed by atoms with van der Waals surface area (Å²) in [6.45, 7) is 10.9. The first kappa shape index (κ1) is 55.7. The molecule has 0 bridgehead atoms. The maximum Gasteiger partial charge on any atom is 0.330 e. The Balaban J connectivity index is 0.889. The van der Waals surface area contributed by atoms with Gasteiger partial charge < -0.3 is 37.9 Å². The minimum Gasteiger partial charge on any atom is -0.494 e. The molecule has 1 saturated heterocycles. The molecular weight excluding hydrogens is 881 g/mol. The normalized spacial score (nSPS) is 14.5. The monoisotopic (exact) mass is 961 g/mol. The molecule has 0 N–H and O–H groups in total. The Morgan fingerprint density at radius 3 is 0.971 bits per heavy atom. The second-order valence-electron chi connectivity index (χ2n) is 18.1. The number of ether oxygens (including phenoxy) is 8. The maximum absolute atomic E-state index is 11.1. The van der Waals surface area contributed by atoms with Crippen LogP contribution in [0.25, 0.3) is 22.3 Å². The summed E-state index contributed by atoms with van der Waals surface area (Å²) in [6, 6.07) is 33.4. The molecule has 1 aliphatic rings. The van der Waals surface area contributed by atoms with Crippen molar-refractivity contribution in [1.29, 1.82) is 0 Å². The van der Waals surface area contributed by atoms with E-state index in [1.807, 2.05) is 24.3 Å². The number of hydrogen-bond acceptors (Lipinski definition) is 10. The Morgan fingerprint density at radius 1 is 0.400 bits per heavy atom. The molecule has 10 nitrogen and oxygen atoms in total. The number of benzene rings is 4. The predicted octanol–water partition coefficient (Wildman–Crippen LogP) is 14.5. The quantitative estimate of drug-likeness (QED) is 0.0245. The summed E-state index contributed by atoms with van der Waals surface area (Å²) >= 11 is 0. The number of hydrogen-bond donors (Lipinski definition) is 0. The SMILES string of the molecule is C=CC(=O)OCCCCCCCCCCCCOc1ccc(-c2ccc(COC3OCCOC3OCc3ccc(-c4ccc(OCCCCCCCCCCCCOC(=O)C=C)cc4)cc3)cc2)cc1. The lowest BCUT2D eigenvalue weighted by molar-refractivity contribution is -0.326. The van der Waals surface area contributed by atoms with E-state index in [0.717, 1.165) is 96.6 Å². The van der Waals surface area contributed by atoms with Gasteiger partial charge in [0.15, 0.2) is 0 Å². The molecule has 1 fully saturated rings. The molecule has 2 atom stereocenters. The van der Waals surface area contributed by atoms with Crippen LogP contribution >= 0.6 is 0 Å². The zero-order chi connectivity index (χ0) is 49.1. The van der Waals surface area contributed by atoms with Crippen molar-refractivity contribution in [3.05, 3.63) is 133 Å². The molecule has 0 saturated carbocycles. The Labute approximate surface area is 419 Å². The van der Waals surface area contributed by atoms with Gasteiger partial charge in [0.1, 0.15) is 11.5 Å². The van der Waals surface area contributed by atoms with Gasteiger partial charge in [-0.2, -0.15) is 0 Å². The highest BCUT2D eigenvalue weighted by molar-refractivity contribution is 5.81. The van der Waals surface area contributed by atoms with E-state index in [9.17, 15) is 9.59 Å². The van der Waals surface area contributed by atoms with Gasteiger partial charge in [-0.25, -0.2) is 9.59 Å². The van der Waals surface area contributed by atoms with Gasteiger partial charge in [-0.05, 0) is 83.3 Å². The van der Waals surface area contributed by atoms with E-state index in [1.54, 1.807) is 0 Å². The minimum absolute atomic E-state index is 0.332. The van der Waals surface area contributed by atoms with Gasteiger partial charge in [0, 0.05) is 12.2 Å². The van der Waals surface area contributed by atoms with Crippen LogP contribution in [0.2, 0.25) is 0 Å². The van der Waals surface area contributed by atoms with Gasteiger partial charge in [-0.15, -0.1) is 0 Å². The molecule has 10 heteroatoms. The van der Waals surface area contributed by atoms with E-state index in [4.69, 9.17) is 37.9 Å². The first-order chi connectivity index (χ1) is 34.5. The maximum atomic E-state index is 11.1. The van der Waals surface area contributed by atoms with Crippen molar-refractivity contribution in [3.63, 3.8) is 0 Å². The van der Waals surface area contributed by atoms with E-state index in [1.165, 1.54) is 102 Å². The molecule has 0 radical (unpaired) electrons. The van der Waals surface area contributed by atoms with E-state index < -0.39 is 12.6 Å². The lowest BCUT2D eigenvalue weighted by Crippen LogP contribution is -2.41. The Kier molecular flexibility index (Phi) is 27.8. The summed E-state index contributed by atoms with van der Waals surface area (Å²) in [5.41, 5.74) is 6.61. The second-order valence-corrected chi connectivity index (χ2v) is 18.1. The summed E-state index contributed by atoms with van der Waals surface area (Å²) in [6.07, 6.45) is 24.8. The smallest absolute Gasteiger partial charge is 0.330 e. The number of carbonyl (C=O) groups is 2. The second kappa shape index (κ2) is 34.9. The molecule has 1 heterocycles. The van der Waals surface area contributed by atoms with Crippen LogP contribution in [-0.2, 0) is 51.2 Å². The first-order valence-corrected chi connectivity index (χ1v) is 26.2. The van der Waals surface area contributed by atoms with Gasteiger partial charge in [-0.3, -0.25) is 0 Å². The molecule has 70 heavy (non-hydrogen) atoms. The van der Waals surface area contributed by atoms with Gasteiger partial charge in [0.05, 0.1) is 52.9 Å². The number of esters is 2. The standard InChI is InChI=1S/C60H80O10/c1-3-57(61)65-43-23-19-15-11-7-5-9-13-17-21-41-63-55-37-33-53(34-38-55)51-29-25-49(26-30-51)47-69-59-60(68-46-45-67-59)70-48-50-27-31-52(32-28-50)54-35-39-56(40-36-54)64-42-22-18-14-10-6-8-12-16-20-24-44-66-58(62)4-2/h3-4,25-40,59-60H,1-2,5-24,41-48H2.